The van der Waals surface area contributed by atoms with Crippen LogP contribution in [-0.4, -0.2) is 19.8 Å². The van der Waals surface area contributed by atoms with Crippen molar-refractivity contribution in [2.75, 3.05) is 19.8 Å². The molecule has 0 aromatic heterocycles. The molecular weight excluding hydrogens is 262 g/mol. The molecule has 3 rings (SSSR count). The second kappa shape index (κ2) is 5.59. The Morgan fingerprint density at radius 1 is 1.32 bits per heavy atom. The maximum atomic E-state index is 6.50. The lowest BCUT2D eigenvalue weighted by atomic mass is 9.96. The van der Waals surface area contributed by atoms with E-state index in [-0.39, 0.29) is 0 Å². The van der Waals surface area contributed by atoms with Gasteiger partial charge in [-0.05, 0) is 31.4 Å². The summed E-state index contributed by atoms with van der Waals surface area (Å²) in [4.78, 5) is 0. The molecule has 1 unspecified atom stereocenters. The van der Waals surface area contributed by atoms with Crippen LogP contribution in [0, 0.1) is 0 Å². The largest absolute Gasteiger partial charge is 0.489 e. The van der Waals surface area contributed by atoms with E-state index < -0.39 is 0 Å². The fourth-order valence-corrected chi connectivity index (χ4v) is 3.36. The highest BCUT2D eigenvalue weighted by Gasteiger charge is 2.27. The molecule has 4 heteroatoms. The number of hydrogen-bond acceptors (Lipinski definition) is 3. The van der Waals surface area contributed by atoms with Crippen LogP contribution in [0.1, 0.15) is 43.4 Å². The smallest absolute Gasteiger partial charge is 0.164 e. The maximum absolute atomic E-state index is 6.50. The van der Waals surface area contributed by atoms with E-state index in [1.54, 1.807) is 0 Å². The highest BCUT2D eigenvalue weighted by Crippen LogP contribution is 2.43. The van der Waals surface area contributed by atoms with Crippen molar-refractivity contribution < 1.29 is 9.47 Å². The van der Waals surface area contributed by atoms with E-state index >= 15 is 0 Å². The Morgan fingerprint density at radius 2 is 2.16 bits per heavy atom. The van der Waals surface area contributed by atoms with Crippen LogP contribution in [0.2, 0.25) is 5.02 Å². The van der Waals surface area contributed by atoms with E-state index in [0.717, 1.165) is 48.9 Å². The normalized spacial score (nSPS) is 22.3. The lowest BCUT2D eigenvalue weighted by molar-refractivity contribution is 0.296. The Kier molecular flexibility index (Phi) is 3.85. The van der Waals surface area contributed by atoms with Crippen molar-refractivity contribution in [3.8, 4) is 11.5 Å². The molecule has 0 bridgehead atoms. The summed E-state index contributed by atoms with van der Waals surface area (Å²) in [6.45, 7) is 4.64. The number of benzene rings is 1. The number of fused-ring (bicyclic) bond motifs is 1. The molecule has 1 fully saturated rings. The van der Waals surface area contributed by atoms with Crippen molar-refractivity contribution in [1.82, 2.24) is 5.32 Å². The van der Waals surface area contributed by atoms with Gasteiger partial charge in [-0.15, -0.1) is 0 Å². The van der Waals surface area contributed by atoms with Crippen LogP contribution < -0.4 is 14.8 Å². The molecule has 104 valence electrons. The average Bonchev–Trinajstić information content (AvgIpc) is 2.83. The van der Waals surface area contributed by atoms with E-state index in [1.165, 1.54) is 17.5 Å². The number of nitrogens with one attached hydrogen (secondary N) is 1. The van der Waals surface area contributed by atoms with E-state index in [9.17, 15) is 0 Å². The third kappa shape index (κ3) is 2.41. The summed E-state index contributed by atoms with van der Waals surface area (Å²) in [6, 6.07) is 2.29. The molecule has 0 saturated carbocycles. The molecule has 1 aromatic carbocycles. The van der Waals surface area contributed by atoms with E-state index in [2.05, 4.69) is 12.2 Å². The minimum atomic E-state index is 0.361. The van der Waals surface area contributed by atoms with Crippen molar-refractivity contribution in [3.63, 3.8) is 0 Å². The summed E-state index contributed by atoms with van der Waals surface area (Å²) in [5.41, 5.74) is 2.43. The Morgan fingerprint density at radius 3 is 2.89 bits per heavy atom. The Labute approximate surface area is 119 Å². The van der Waals surface area contributed by atoms with E-state index in [4.69, 9.17) is 21.1 Å². The molecule has 2 heterocycles. The van der Waals surface area contributed by atoms with E-state index in [0.29, 0.717) is 12.6 Å². The van der Waals surface area contributed by atoms with Gasteiger partial charge in [0.05, 0.1) is 13.2 Å². The zero-order chi connectivity index (χ0) is 13.2. The van der Waals surface area contributed by atoms with Crippen LogP contribution in [-0.2, 0) is 6.42 Å². The lowest BCUT2D eigenvalue weighted by Crippen LogP contribution is -2.16. The second-order valence-corrected chi connectivity index (χ2v) is 5.54. The Bertz CT molecular complexity index is 470. The van der Waals surface area contributed by atoms with Gasteiger partial charge in [0, 0.05) is 29.1 Å². The number of rotatable bonds is 2. The molecule has 1 atom stereocenters. The average molecular weight is 282 g/mol. The van der Waals surface area contributed by atoms with Gasteiger partial charge in [0.1, 0.15) is 0 Å². The van der Waals surface area contributed by atoms with Crippen molar-refractivity contribution in [2.45, 2.75) is 38.6 Å². The van der Waals surface area contributed by atoms with Crippen LogP contribution in [0.3, 0.4) is 0 Å². The first-order chi connectivity index (χ1) is 9.31. The van der Waals surface area contributed by atoms with Crippen molar-refractivity contribution in [2.24, 2.45) is 0 Å². The summed E-state index contributed by atoms with van der Waals surface area (Å²) in [7, 11) is 0. The molecule has 0 aliphatic carbocycles. The Balaban J connectivity index is 2.10. The SMILES string of the molecule is CCc1c2c(cc(Cl)c1C1CCCN1)OCCCO2. The number of ether oxygens (including phenoxy) is 2. The summed E-state index contributed by atoms with van der Waals surface area (Å²) in [5.74, 6) is 1.72. The van der Waals surface area contributed by atoms with Crippen molar-refractivity contribution in [1.29, 1.82) is 0 Å². The number of halogens is 1. The molecule has 19 heavy (non-hydrogen) atoms. The first-order valence-electron chi connectivity index (χ1n) is 7.15. The van der Waals surface area contributed by atoms with Gasteiger partial charge < -0.3 is 14.8 Å². The summed E-state index contributed by atoms with van der Waals surface area (Å²) in [5, 5.41) is 4.34. The van der Waals surface area contributed by atoms with Crippen LogP contribution in [0.5, 0.6) is 11.5 Å². The van der Waals surface area contributed by atoms with Gasteiger partial charge in [0.25, 0.3) is 0 Å². The first kappa shape index (κ1) is 13.1. The first-order valence-corrected chi connectivity index (χ1v) is 7.53. The predicted octanol–water partition coefficient (Wildman–Crippen LogP) is 3.49. The monoisotopic (exact) mass is 281 g/mol. The fourth-order valence-electron chi connectivity index (χ4n) is 3.01. The quantitative estimate of drug-likeness (QED) is 0.900. The number of hydrogen-bond donors (Lipinski definition) is 1. The molecule has 2 aliphatic heterocycles. The molecule has 2 aliphatic rings. The summed E-state index contributed by atoms with van der Waals surface area (Å²) in [6.07, 6.45) is 4.19. The third-order valence-electron chi connectivity index (χ3n) is 3.89. The highest BCUT2D eigenvalue weighted by atomic mass is 35.5. The molecule has 3 nitrogen and oxygen atoms in total. The van der Waals surface area contributed by atoms with Crippen molar-refractivity contribution in [3.05, 3.63) is 22.2 Å². The van der Waals surface area contributed by atoms with Gasteiger partial charge in [0.15, 0.2) is 11.5 Å². The minimum absolute atomic E-state index is 0.361. The summed E-state index contributed by atoms with van der Waals surface area (Å²) >= 11 is 6.50. The molecule has 0 radical (unpaired) electrons. The van der Waals surface area contributed by atoms with Gasteiger partial charge in [-0.2, -0.15) is 0 Å². The van der Waals surface area contributed by atoms with E-state index in [1.807, 2.05) is 6.07 Å². The lowest BCUT2D eigenvalue weighted by Gasteiger charge is -2.21. The highest BCUT2D eigenvalue weighted by molar-refractivity contribution is 6.31. The predicted molar refractivity (Wildman–Crippen MR) is 76.4 cm³/mol. The van der Waals surface area contributed by atoms with Gasteiger partial charge in [-0.1, -0.05) is 18.5 Å². The van der Waals surface area contributed by atoms with Crippen LogP contribution in [0.4, 0.5) is 0 Å². The zero-order valence-corrected chi connectivity index (χ0v) is 12.1. The molecule has 1 N–H and O–H groups in total. The standard InChI is InChI=1S/C15H20ClNO2/c1-2-10-14(12-5-3-6-17-12)11(16)9-13-15(10)19-8-4-7-18-13/h9,12,17H,2-8H2,1H3. The molecule has 0 amide bonds. The molecular formula is C15H20ClNO2. The van der Waals surface area contributed by atoms with Gasteiger partial charge in [0.2, 0.25) is 0 Å². The van der Waals surface area contributed by atoms with Crippen molar-refractivity contribution >= 4 is 11.6 Å². The molecule has 0 spiro atoms. The zero-order valence-electron chi connectivity index (χ0n) is 11.3. The van der Waals surface area contributed by atoms with Gasteiger partial charge >= 0.3 is 0 Å². The maximum Gasteiger partial charge on any atom is 0.164 e. The molecule has 1 saturated heterocycles. The minimum Gasteiger partial charge on any atom is -0.489 e. The second-order valence-electron chi connectivity index (χ2n) is 5.13. The molecule has 1 aromatic rings. The van der Waals surface area contributed by atoms with Crippen LogP contribution in [0.25, 0.3) is 0 Å². The Hall–Kier alpha value is -0.930. The fraction of sp³-hybridized carbons (Fsp3) is 0.600. The summed E-state index contributed by atoms with van der Waals surface area (Å²) < 4.78 is 11.7. The van der Waals surface area contributed by atoms with Gasteiger partial charge in [-0.25, -0.2) is 0 Å². The van der Waals surface area contributed by atoms with Crippen LogP contribution in [0.15, 0.2) is 6.07 Å². The topological polar surface area (TPSA) is 30.5 Å². The third-order valence-corrected chi connectivity index (χ3v) is 4.21. The van der Waals surface area contributed by atoms with Gasteiger partial charge in [-0.3, -0.25) is 0 Å². The van der Waals surface area contributed by atoms with Crippen LogP contribution >= 0.6 is 11.6 Å².